The highest BCUT2D eigenvalue weighted by Gasteiger charge is 2.47. The minimum atomic E-state index is -1.57. The van der Waals surface area contributed by atoms with Crippen LogP contribution in [-0.2, 0) is 4.79 Å². The van der Waals surface area contributed by atoms with E-state index in [0.29, 0.717) is 16.3 Å². The number of nitrogens with two attached hydrogens (primary N) is 2. The number of ether oxygens (including phenoxy) is 1. The second kappa shape index (κ2) is 6.34. The van der Waals surface area contributed by atoms with Crippen molar-refractivity contribution in [3.63, 3.8) is 0 Å². The molecule has 0 saturated carbocycles. The zero-order valence-corrected chi connectivity index (χ0v) is 14.1. The molecule has 4 N–H and O–H groups in total. The van der Waals surface area contributed by atoms with E-state index in [4.69, 9.17) is 27.8 Å². The van der Waals surface area contributed by atoms with Gasteiger partial charge in [-0.3, -0.25) is 4.79 Å². The number of hydrogen-bond donors (Lipinski definition) is 2. The quantitative estimate of drug-likeness (QED) is 0.885. The number of benzene rings is 1. The molecule has 2 atom stereocenters. The lowest BCUT2D eigenvalue weighted by atomic mass is 9.70. The molecule has 0 bridgehead atoms. The SMILES string of the molecule is COc1ccc(Cl)c(C)c1C1=CC=C(F)C(C(N)=O)(C(C)N)C1. The van der Waals surface area contributed by atoms with E-state index in [9.17, 15) is 9.18 Å². The van der Waals surface area contributed by atoms with Gasteiger partial charge in [-0.25, -0.2) is 4.39 Å². The van der Waals surface area contributed by atoms with Gasteiger partial charge in [0.1, 0.15) is 17.0 Å². The number of allylic oxidation sites excluding steroid dienone is 3. The van der Waals surface area contributed by atoms with Gasteiger partial charge >= 0.3 is 0 Å². The summed E-state index contributed by atoms with van der Waals surface area (Å²) in [5, 5.41) is 0.558. The Kier molecular flexibility index (Phi) is 4.82. The fourth-order valence-electron chi connectivity index (χ4n) is 2.98. The highest BCUT2D eigenvalue weighted by molar-refractivity contribution is 6.31. The third kappa shape index (κ3) is 2.75. The summed E-state index contributed by atoms with van der Waals surface area (Å²) in [6.45, 7) is 3.41. The van der Waals surface area contributed by atoms with E-state index in [0.717, 1.165) is 11.1 Å². The fraction of sp³-hybridized carbons (Fsp3) is 0.353. The van der Waals surface area contributed by atoms with Gasteiger partial charge in [-0.05, 0) is 49.6 Å². The summed E-state index contributed by atoms with van der Waals surface area (Å²) in [6.07, 6.45) is 2.91. The summed E-state index contributed by atoms with van der Waals surface area (Å²) in [5.74, 6) is -0.815. The summed E-state index contributed by atoms with van der Waals surface area (Å²) >= 11 is 6.20. The Labute approximate surface area is 139 Å². The van der Waals surface area contributed by atoms with E-state index in [1.165, 1.54) is 6.08 Å². The summed E-state index contributed by atoms with van der Waals surface area (Å²) in [7, 11) is 1.54. The second-order valence-electron chi connectivity index (χ2n) is 5.76. The molecule has 2 unspecified atom stereocenters. The van der Waals surface area contributed by atoms with Crippen molar-refractivity contribution in [2.75, 3.05) is 7.11 Å². The molecule has 1 aliphatic carbocycles. The van der Waals surface area contributed by atoms with Crippen LogP contribution in [0.2, 0.25) is 5.02 Å². The molecule has 124 valence electrons. The molecule has 6 heteroatoms. The molecule has 0 saturated heterocycles. The number of hydrogen-bond acceptors (Lipinski definition) is 3. The fourth-order valence-corrected chi connectivity index (χ4v) is 3.13. The lowest BCUT2D eigenvalue weighted by Gasteiger charge is -2.36. The average Bonchev–Trinajstić information content (AvgIpc) is 2.50. The van der Waals surface area contributed by atoms with E-state index in [1.807, 2.05) is 6.92 Å². The van der Waals surface area contributed by atoms with E-state index in [1.54, 1.807) is 32.2 Å². The summed E-state index contributed by atoms with van der Waals surface area (Å²) in [5.41, 5.74) is 12.1. The van der Waals surface area contributed by atoms with Gasteiger partial charge < -0.3 is 16.2 Å². The molecule has 0 aliphatic heterocycles. The molecule has 23 heavy (non-hydrogen) atoms. The molecule has 1 aromatic carbocycles. The van der Waals surface area contributed by atoms with Crippen LogP contribution >= 0.6 is 11.6 Å². The number of carbonyl (C=O) groups is 1. The van der Waals surface area contributed by atoms with Crippen molar-refractivity contribution in [3.05, 3.63) is 46.3 Å². The van der Waals surface area contributed by atoms with Crippen molar-refractivity contribution in [2.45, 2.75) is 26.3 Å². The Morgan fingerprint density at radius 2 is 2.09 bits per heavy atom. The third-order valence-corrected chi connectivity index (χ3v) is 4.85. The molecule has 0 aromatic heterocycles. The lowest BCUT2D eigenvalue weighted by Crippen LogP contribution is -2.50. The van der Waals surface area contributed by atoms with Crippen LogP contribution in [0.5, 0.6) is 5.75 Å². The van der Waals surface area contributed by atoms with Crippen LogP contribution in [0.15, 0.2) is 30.1 Å². The van der Waals surface area contributed by atoms with Gasteiger partial charge in [-0.2, -0.15) is 0 Å². The molecule has 1 aliphatic rings. The first-order valence-electron chi connectivity index (χ1n) is 7.21. The Morgan fingerprint density at radius 3 is 2.61 bits per heavy atom. The standard InChI is InChI=1S/C17H20ClFN2O2/c1-9-12(18)5-6-13(23-3)15(9)11-4-7-14(19)17(8-11,10(2)20)16(21)22/h4-7,10H,8,20H2,1-3H3,(H2,21,22). The predicted molar refractivity (Wildman–Crippen MR) is 89.8 cm³/mol. The highest BCUT2D eigenvalue weighted by Crippen LogP contribution is 2.46. The van der Waals surface area contributed by atoms with Crippen molar-refractivity contribution < 1.29 is 13.9 Å². The molecule has 0 fully saturated rings. The minimum Gasteiger partial charge on any atom is -0.496 e. The highest BCUT2D eigenvalue weighted by atomic mass is 35.5. The Hall–Kier alpha value is -1.85. The molecule has 2 rings (SSSR count). The molecular weight excluding hydrogens is 319 g/mol. The molecule has 0 spiro atoms. The first-order valence-corrected chi connectivity index (χ1v) is 7.59. The lowest BCUT2D eigenvalue weighted by molar-refractivity contribution is -0.127. The van der Waals surface area contributed by atoms with Crippen LogP contribution < -0.4 is 16.2 Å². The van der Waals surface area contributed by atoms with Crippen LogP contribution in [0.4, 0.5) is 4.39 Å². The molecule has 0 heterocycles. The van der Waals surface area contributed by atoms with Crippen LogP contribution in [0.25, 0.3) is 5.57 Å². The second-order valence-corrected chi connectivity index (χ2v) is 6.16. The predicted octanol–water partition coefficient (Wildman–Crippen LogP) is 3.12. The monoisotopic (exact) mass is 338 g/mol. The van der Waals surface area contributed by atoms with Crippen LogP contribution in [0.1, 0.15) is 24.5 Å². The van der Waals surface area contributed by atoms with Crippen molar-refractivity contribution >= 4 is 23.1 Å². The van der Waals surface area contributed by atoms with Crippen LogP contribution in [0.3, 0.4) is 0 Å². The average molecular weight is 339 g/mol. The first-order chi connectivity index (χ1) is 10.8. The van der Waals surface area contributed by atoms with Gasteiger partial charge in [0.25, 0.3) is 0 Å². The van der Waals surface area contributed by atoms with Gasteiger partial charge in [0.15, 0.2) is 0 Å². The van der Waals surface area contributed by atoms with E-state index in [2.05, 4.69) is 0 Å². The number of methoxy groups -OCH3 is 1. The first kappa shape index (κ1) is 17.5. The Balaban J connectivity index is 2.64. The van der Waals surface area contributed by atoms with Gasteiger partial charge in [0.05, 0.1) is 7.11 Å². The van der Waals surface area contributed by atoms with Crippen molar-refractivity contribution in [3.8, 4) is 5.75 Å². The van der Waals surface area contributed by atoms with Crippen molar-refractivity contribution in [2.24, 2.45) is 16.9 Å². The van der Waals surface area contributed by atoms with Gasteiger partial charge in [0, 0.05) is 16.6 Å². The summed E-state index contributed by atoms with van der Waals surface area (Å²) in [6, 6.07) is 2.69. The molecular formula is C17H20ClFN2O2. The van der Waals surface area contributed by atoms with E-state index in [-0.39, 0.29) is 6.42 Å². The number of primary amides is 1. The number of amides is 1. The van der Waals surface area contributed by atoms with E-state index < -0.39 is 23.2 Å². The van der Waals surface area contributed by atoms with Crippen molar-refractivity contribution in [1.82, 2.24) is 0 Å². The normalized spacial score (nSPS) is 22.2. The zero-order valence-electron chi connectivity index (χ0n) is 13.3. The minimum absolute atomic E-state index is 0.0554. The number of carbonyl (C=O) groups excluding carboxylic acids is 1. The third-order valence-electron chi connectivity index (χ3n) is 4.45. The maximum absolute atomic E-state index is 14.4. The van der Waals surface area contributed by atoms with Gasteiger partial charge in [-0.15, -0.1) is 0 Å². The number of halogens is 2. The number of rotatable bonds is 4. The molecule has 1 amide bonds. The van der Waals surface area contributed by atoms with E-state index >= 15 is 0 Å². The molecule has 0 radical (unpaired) electrons. The van der Waals surface area contributed by atoms with Gasteiger partial charge in [0.2, 0.25) is 5.91 Å². The summed E-state index contributed by atoms with van der Waals surface area (Å²) in [4.78, 5) is 12.0. The van der Waals surface area contributed by atoms with Crippen LogP contribution in [0, 0.1) is 12.3 Å². The zero-order chi connectivity index (χ0) is 17.4. The Bertz CT molecular complexity index is 713. The Morgan fingerprint density at radius 1 is 1.43 bits per heavy atom. The largest absolute Gasteiger partial charge is 0.496 e. The molecule has 1 aromatic rings. The summed E-state index contributed by atoms with van der Waals surface area (Å²) < 4.78 is 19.8. The maximum atomic E-state index is 14.4. The molecule has 4 nitrogen and oxygen atoms in total. The smallest absolute Gasteiger partial charge is 0.232 e. The topological polar surface area (TPSA) is 78.3 Å². The van der Waals surface area contributed by atoms with Crippen LogP contribution in [-0.4, -0.2) is 19.1 Å². The van der Waals surface area contributed by atoms with Gasteiger partial charge in [-0.1, -0.05) is 17.7 Å². The van der Waals surface area contributed by atoms with Crippen molar-refractivity contribution in [1.29, 1.82) is 0 Å². The maximum Gasteiger partial charge on any atom is 0.232 e.